The number of aliphatic imine (C=N–C) groups is 1. The van der Waals surface area contributed by atoms with Gasteiger partial charge in [-0.25, -0.2) is 4.99 Å². The van der Waals surface area contributed by atoms with Crippen LogP contribution in [-0.2, 0) is 6.54 Å². The molecule has 3 N–H and O–H groups in total. The molecule has 0 aromatic heterocycles. The summed E-state index contributed by atoms with van der Waals surface area (Å²) in [5.41, 5.74) is 4.18. The molecule has 2 aromatic rings. The van der Waals surface area contributed by atoms with E-state index in [-0.39, 0.29) is 5.54 Å². The van der Waals surface area contributed by atoms with E-state index in [9.17, 15) is 5.11 Å². The number of rotatable bonds is 3. The van der Waals surface area contributed by atoms with E-state index in [2.05, 4.69) is 41.0 Å². The van der Waals surface area contributed by atoms with Gasteiger partial charge in [0.1, 0.15) is 5.84 Å². The SMILES string of the molecule is CC(O)c1cccc(CNC2=Nc3ccccc3NC23CCCCC3)c1. The Balaban J connectivity index is 1.60. The van der Waals surface area contributed by atoms with Gasteiger partial charge in [0.25, 0.3) is 0 Å². The molecule has 1 spiro atoms. The molecule has 1 unspecified atom stereocenters. The predicted molar refractivity (Wildman–Crippen MR) is 107 cm³/mol. The zero-order valence-corrected chi connectivity index (χ0v) is 15.3. The molecule has 4 rings (SSSR count). The van der Waals surface area contributed by atoms with Crippen LogP contribution >= 0.6 is 0 Å². The first-order chi connectivity index (χ1) is 12.7. The second-order valence-electron chi connectivity index (χ2n) is 7.52. The van der Waals surface area contributed by atoms with Crippen molar-refractivity contribution in [2.45, 2.75) is 57.2 Å². The highest BCUT2D eigenvalue weighted by atomic mass is 16.3. The lowest BCUT2D eigenvalue weighted by Crippen LogP contribution is -2.54. The van der Waals surface area contributed by atoms with Gasteiger partial charge in [-0.15, -0.1) is 0 Å². The zero-order chi connectivity index (χ0) is 18.0. The fraction of sp³-hybridized carbons (Fsp3) is 0.409. The van der Waals surface area contributed by atoms with E-state index in [4.69, 9.17) is 4.99 Å². The average molecular weight is 349 g/mol. The number of aliphatic hydroxyl groups is 1. The highest BCUT2D eigenvalue weighted by molar-refractivity contribution is 6.00. The van der Waals surface area contributed by atoms with Gasteiger partial charge in [-0.3, -0.25) is 0 Å². The number of nitrogens with one attached hydrogen (secondary N) is 2. The van der Waals surface area contributed by atoms with E-state index in [1.54, 1.807) is 6.92 Å². The van der Waals surface area contributed by atoms with Crippen LogP contribution in [0.25, 0.3) is 0 Å². The predicted octanol–water partition coefficient (Wildman–Crippen LogP) is 4.69. The van der Waals surface area contributed by atoms with Crippen LogP contribution in [0.2, 0.25) is 0 Å². The molecular weight excluding hydrogens is 322 g/mol. The molecule has 26 heavy (non-hydrogen) atoms. The quantitative estimate of drug-likeness (QED) is 0.753. The Bertz CT molecular complexity index is 807. The summed E-state index contributed by atoms with van der Waals surface area (Å²) >= 11 is 0. The van der Waals surface area contributed by atoms with Gasteiger partial charge in [0.15, 0.2) is 0 Å². The van der Waals surface area contributed by atoms with Crippen molar-refractivity contribution < 1.29 is 5.11 Å². The number of amidine groups is 1. The zero-order valence-electron chi connectivity index (χ0n) is 15.3. The molecule has 4 nitrogen and oxygen atoms in total. The molecule has 4 heteroatoms. The Morgan fingerprint density at radius 2 is 1.92 bits per heavy atom. The maximum Gasteiger partial charge on any atom is 0.128 e. The number of nitrogens with zero attached hydrogens (tertiary/aromatic N) is 1. The van der Waals surface area contributed by atoms with Crippen LogP contribution in [0.3, 0.4) is 0 Å². The van der Waals surface area contributed by atoms with Crippen molar-refractivity contribution in [3.05, 3.63) is 59.7 Å². The molecule has 0 bridgehead atoms. The Hall–Kier alpha value is -2.33. The molecular formula is C22H27N3O. The van der Waals surface area contributed by atoms with Crippen molar-refractivity contribution in [2.24, 2.45) is 4.99 Å². The molecule has 1 atom stereocenters. The Morgan fingerprint density at radius 1 is 1.12 bits per heavy atom. The highest BCUT2D eigenvalue weighted by Crippen LogP contribution is 2.40. The lowest BCUT2D eigenvalue weighted by molar-refractivity contribution is 0.199. The van der Waals surface area contributed by atoms with E-state index in [0.717, 1.165) is 41.2 Å². The summed E-state index contributed by atoms with van der Waals surface area (Å²) in [6.07, 6.45) is 5.54. The Kier molecular flexibility index (Phi) is 4.68. The fourth-order valence-corrected chi connectivity index (χ4v) is 4.10. The molecule has 2 aromatic carbocycles. The normalized spacial score (nSPS) is 19.2. The van der Waals surface area contributed by atoms with Crippen LogP contribution in [0.1, 0.15) is 56.3 Å². The maximum atomic E-state index is 9.82. The lowest BCUT2D eigenvalue weighted by atomic mass is 9.79. The maximum absolute atomic E-state index is 9.82. The molecule has 136 valence electrons. The summed E-state index contributed by atoms with van der Waals surface area (Å²) in [5.74, 6) is 1.05. The third-order valence-electron chi connectivity index (χ3n) is 5.56. The van der Waals surface area contributed by atoms with Crippen LogP contribution in [0, 0.1) is 0 Å². The van der Waals surface area contributed by atoms with Crippen LogP contribution in [-0.4, -0.2) is 16.5 Å². The van der Waals surface area contributed by atoms with E-state index in [0.29, 0.717) is 6.54 Å². The lowest BCUT2D eigenvalue weighted by Gasteiger charge is -2.42. The third-order valence-corrected chi connectivity index (χ3v) is 5.56. The summed E-state index contributed by atoms with van der Waals surface area (Å²) in [6, 6.07) is 16.4. The first-order valence-corrected chi connectivity index (χ1v) is 9.63. The van der Waals surface area contributed by atoms with Crippen LogP contribution < -0.4 is 10.6 Å². The second-order valence-corrected chi connectivity index (χ2v) is 7.52. The van der Waals surface area contributed by atoms with Crippen molar-refractivity contribution >= 4 is 17.2 Å². The summed E-state index contributed by atoms with van der Waals surface area (Å²) in [7, 11) is 0. The number of fused-ring (bicyclic) bond motifs is 1. The summed E-state index contributed by atoms with van der Waals surface area (Å²) in [5, 5.41) is 17.2. The number of benzene rings is 2. The Morgan fingerprint density at radius 3 is 2.73 bits per heavy atom. The van der Waals surface area contributed by atoms with E-state index in [1.807, 2.05) is 18.2 Å². The first-order valence-electron chi connectivity index (χ1n) is 9.63. The molecule has 0 radical (unpaired) electrons. The minimum atomic E-state index is -0.444. The molecule has 1 saturated carbocycles. The van der Waals surface area contributed by atoms with E-state index < -0.39 is 6.10 Å². The van der Waals surface area contributed by atoms with Crippen molar-refractivity contribution in [1.82, 2.24) is 5.32 Å². The van der Waals surface area contributed by atoms with E-state index >= 15 is 0 Å². The van der Waals surface area contributed by atoms with E-state index in [1.165, 1.54) is 19.3 Å². The van der Waals surface area contributed by atoms with Crippen molar-refractivity contribution in [1.29, 1.82) is 0 Å². The highest BCUT2D eigenvalue weighted by Gasteiger charge is 2.40. The van der Waals surface area contributed by atoms with Gasteiger partial charge in [-0.2, -0.15) is 0 Å². The number of anilines is 1. The molecule has 1 fully saturated rings. The average Bonchev–Trinajstić information content (AvgIpc) is 2.67. The van der Waals surface area contributed by atoms with Crippen LogP contribution in [0.15, 0.2) is 53.5 Å². The molecule has 1 heterocycles. The van der Waals surface area contributed by atoms with Gasteiger partial charge in [0.05, 0.1) is 23.0 Å². The molecule has 1 aliphatic carbocycles. The molecule has 0 amide bonds. The minimum absolute atomic E-state index is 0.0749. The number of aliphatic hydroxyl groups excluding tert-OH is 1. The third kappa shape index (κ3) is 3.34. The topological polar surface area (TPSA) is 56.6 Å². The summed E-state index contributed by atoms with van der Waals surface area (Å²) < 4.78 is 0. The molecule has 2 aliphatic rings. The minimum Gasteiger partial charge on any atom is -0.389 e. The summed E-state index contributed by atoms with van der Waals surface area (Å²) in [6.45, 7) is 2.51. The van der Waals surface area contributed by atoms with Crippen LogP contribution in [0.4, 0.5) is 11.4 Å². The van der Waals surface area contributed by atoms with Gasteiger partial charge in [-0.1, -0.05) is 55.7 Å². The van der Waals surface area contributed by atoms with Crippen molar-refractivity contribution in [3.8, 4) is 0 Å². The monoisotopic (exact) mass is 349 g/mol. The van der Waals surface area contributed by atoms with Crippen molar-refractivity contribution in [2.75, 3.05) is 5.32 Å². The van der Waals surface area contributed by atoms with Gasteiger partial charge in [-0.05, 0) is 43.0 Å². The number of hydrogen-bond acceptors (Lipinski definition) is 4. The standard InChI is InChI=1S/C22H27N3O/c1-16(26)18-9-7-8-17(14-18)15-23-21-22(12-5-2-6-13-22)25-20-11-4-3-10-19(20)24-21/h3-4,7-11,14,16,25-26H,2,5-6,12-13,15H2,1H3,(H,23,24). The van der Waals surface area contributed by atoms with Gasteiger partial charge < -0.3 is 15.7 Å². The van der Waals surface area contributed by atoms with Crippen molar-refractivity contribution in [3.63, 3.8) is 0 Å². The van der Waals surface area contributed by atoms with Gasteiger partial charge in [0.2, 0.25) is 0 Å². The number of hydrogen-bond donors (Lipinski definition) is 3. The first kappa shape index (κ1) is 17.1. The number of para-hydroxylation sites is 2. The Labute approximate surface area is 155 Å². The van der Waals surface area contributed by atoms with Crippen LogP contribution in [0.5, 0.6) is 0 Å². The smallest absolute Gasteiger partial charge is 0.128 e. The largest absolute Gasteiger partial charge is 0.389 e. The summed E-state index contributed by atoms with van der Waals surface area (Å²) in [4.78, 5) is 4.99. The molecule has 1 aliphatic heterocycles. The second kappa shape index (κ2) is 7.12. The van der Waals surface area contributed by atoms with Gasteiger partial charge in [0, 0.05) is 6.54 Å². The van der Waals surface area contributed by atoms with Gasteiger partial charge >= 0.3 is 0 Å². The molecule has 0 saturated heterocycles. The fourth-order valence-electron chi connectivity index (χ4n) is 4.10.